The standard InChI is InChI=1S/C42H44N6O7S2/c1-21-10-31(49)36-33(52-21)14-32-27(37(36)50)16-42-8-6-25(15-40(42,2)53-32)57-56-20-28-26(13-24(46-38(28)44)18-48-17-23-7-9-45-30(23)19-48)29-11-22(12-35(43)47-29)4-5-34-41(3,54-34)39(51)55-42/h6-14,17,19,24-25,29,34,45-47,50H,4-5,15-16,18,20,43-44H2,1-3H3. The van der Waals surface area contributed by atoms with Crippen LogP contribution in [0.25, 0.3) is 21.9 Å². The van der Waals surface area contributed by atoms with Crippen molar-refractivity contribution in [3.05, 3.63) is 117 Å². The molecule has 0 saturated carbocycles. The van der Waals surface area contributed by atoms with Crippen molar-refractivity contribution >= 4 is 49.4 Å². The summed E-state index contributed by atoms with van der Waals surface area (Å²) in [4.78, 5) is 30.6. The number of phenols is 1. The number of dihydropyridines is 2. The second-order valence-electron chi connectivity index (χ2n) is 16.3. The minimum absolute atomic E-state index is 0.0446. The monoisotopic (exact) mass is 808 g/mol. The Bertz CT molecular complexity index is 2570. The van der Waals surface area contributed by atoms with E-state index in [1.165, 1.54) is 6.07 Å². The molecule has 296 valence electrons. The number of aromatic hydroxyl groups is 1. The number of aromatic nitrogens is 2. The van der Waals surface area contributed by atoms with Crippen molar-refractivity contribution in [3.63, 3.8) is 0 Å². The summed E-state index contributed by atoms with van der Waals surface area (Å²) < 4.78 is 27.5. The quantitative estimate of drug-likeness (QED) is 0.0671. The van der Waals surface area contributed by atoms with Gasteiger partial charge in [0.2, 0.25) is 0 Å². The number of hydrogen-bond acceptors (Lipinski definition) is 13. The van der Waals surface area contributed by atoms with Crippen LogP contribution in [-0.4, -0.2) is 66.6 Å². The van der Waals surface area contributed by atoms with Crippen molar-refractivity contribution in [1.29, 1.82) is 0 Å². The predicted octanol–water partition coefficient (Wildman–Crippen LogP) is 5.19. The highest BCUT2D eigenvalue weighted by Gasteiger charge is 2.64. The zero-order chi connectivity index (χ0) is 39.4. The van der Waals surface area contributed by atoms with E-state index >= 15 is 0 Å². The van der Waals surface area contributed by atoms with Gasteiger partial charge in [-0.1, -0.05) is 39.8 Å². The smallest absolute Gasteiger partial charge is 0.341 e. The molecule has 1 spiro atoms. The second kappa shape index (κ2) is 12.9. The fourth-order valence-electron chi connectivity index (χ4n) is 9.14. The molecule has 1 aliphatic carbocycles. The highest BCUT2D eigenvalue weighted by molar-refractivity contribution is 8.77. The number of phenolic OH excluding ortho intramolecular Hbond substituents is 1. The van der Waals surface area contributed by atoms with Gasteiger partial charge < -0.3 is 55.4 Å². The summed E-state index contributed by atoms with van der Waals surface area (Å²) in [5, 5.41) is 19.8. The molecule has 4 bridgehead atoms. The Hall–Kier alpha value is -5.12. The molecule has 57 heavy (non-hydrogen) atoms. The van der Waals surface area contributed by atoms with E-state index in [-0.39, 0.29) is 52.0 Å². The number of aromatic amines is 1. The molecule has 3 aromatic heterocycles. The molecule has 11 rings (SSSR count). The van der Waals surface area contributed by atoms with Gasteiger partial charge in [0.1, 0.15) is 34.0 Å². The number of allylic oxidation sites excluding steroid dienone is 2. The summed E-state index contributed by atoms with van der Waals surface area (Å²) in [6.45, 7) is 6.07. The molecular weight excluding hydrogens is 765 g/mol. The van der Waals surface area contributed by atoms with Crippen LogP contribution < -0.4 is 32.3 Å². The fourth-order valence-corrected chi connectivity index (χ4v) is 11.8. The van der Waals surface area contributed by atoms with Gasteiger partial charge in [-0.25, -0.2) is 4.79 Å². The van der Waals surface area contributed by atoms with Gasteiger partial charge in [-0.15, -0.1) is 0 Å². The lowest BCUT2D eigenvalue weighted by Crippen LogP contribution is -2.64. The number of nitrogens with zero attached hydrogens (tertiary/aromatic N) is 1. The Morgan fingerprint density at radius 3 is 2.81 bits per heavy atom. The van der Waals surface area contributed by atoms with Crippen LogP contribution in [-0.2, 0) is 27.2 Å². The summed E-state index contributed by atoms with van der Waals surface area (Å²) in [5.41, 5.74) is 14.3. The number of esters is 1. The number of nitrogens with one attached hydrogen (secondary N) is 3. The molecule has 8 N–H and O–H groups in total. The first-order valence-electron chi connectivity index (χ1n) is 19.2. The lowest BCUT2D eigenvalue weighted by atomic mass is 9.70. The number of carbonyl (C=O) groups excluding carboxylic acids is 1. The Balaban J connectivity index is 1.00. The fraction of sp³-hybridized carbons (Fsp3) is 0.381. The number of nitrogens with two attached hydrogens (primary N) is 2. The van der Waals surface area contributed by atoms with Crippen molar-refractivity contribution in [3.8, 4) is 11.5 Å². The number of H-pyrrole nitrogens is 1. The van der Waals surface area contributed by atoms with Crippen LogP contribution in [0, 0.1) is 6.92 Å². The van der Waals surface area contributed by atoms with Crippen LogP contribution in [0.5, 0.6) is 11.5 Å². The number of aryl methyl sites for hydroxylation is 1. The van der Waals surface area contributed by atoms with Crippen LogP contribution in [0.4, 0.5) is 0 Å². The van der Waals surface area contributed by atoms with E-state index in [0.717, 1.165) is 27.6 Å². The van der Waals surface area contributed by atoms with E-state index in [0.29, 0.717) is 60.3 Å². The zero-order valence-electron chi connectivity index (χ0n) is 31.7. The molecule has 9 heterocycles. The van der Waals surface area contributed by atoms with E-state index in [2.05, 4.69) is 56.9 Å². The Morgan fingerprint density at radius 2 is 1.96 bits per heavy atom. The minimum atomic E-state index is -1.31. The Labute approximate surface area is 336 Å². The number of benzene rings is 1. The molecule has 13 nitrogen and oxygen atoms in total. The average molecular weight is 809 g/mol. The third-order valence-corrected chi connectivity index (χ3v) is 14.9. The molecule has 6 aliphatic heterocycles. The van der Waals surface area contributed by atoms with E-state index in [1.807, 2.05) is 25.3 Å². The van der Waals surface area contributed by atoms with Gasteiger partial charge in [-0.2, -0.15) is 0 Å². The molecule has 7 unspecified atom stereocenters. The maximum atomic E-state index is 14.2. The first kappa shape index (κ1) is 36.2. The van der Waals surface area contributed by atoms with Crippen molar-refractivity contribution < 1.29 is 28.5 Å². The van der Waals surface area contributed by atoms with Crippen LogP contribution in [0.1, 0.15) is 44.4 Å². The molecule has 1 saturated heterocycles. The van der Waals surface area contributed by atoms with Crippen LogP contribution in [0.3, 0.4) is 0 Å². The van der Waals surface area contributed by atoms with Gasteiger partial charge in [0.15, 0.2) is 22.2 Å². The Kier molecular flexibility index (Phi) is 8.23. The lowest BCUT2D eigenvalue weighted by Gasteiger charge is -2.52. The average Bonchev–Trinajstić information content (AvgIpc) is 3.40. The second-order valence-corrected chi connectivity index (χ2v) is 18.9. The molecule has 0 radical (unpaired) electrons. The van der Waals surface area contributed by atoms with Crippen molar-refractivity contribution in [2.75, 3.05) is 5.75 Å². The van der Waals surface area contributed by atoms with Crippen molar-refractivity contribution in [2.45, 2.75) is 93.2 Å². The van der Waals surface area contributed by atoms with Crippen molar-refractivity contribution in [1.82, 2.24) is 20.2 Å². The van der Waals surface area contributed by atoms with Gasteiger partial charge in [0, 0.05) is 77.6 Å². The molecule has 7 aliphatic rings. The van der Waals surface area contributed by atoms with Gasteiger partial charge in [0.05, 0.1) is 29.5 Å². The summed E-state index contributed by atoms with van der Waals surface area (Å²) in [6, 6.07) is 4.79. The number of ether oxygens (including phenoxy) is 3. The lowest BCUT2D eigenvalue weighted by molar-refractivity contribution is -0.186. The third kappa shape index (κ3) is 6.04. The first-order chi connectivity index (χ1) is 27.3. The van der Waals surface area contributed by atoms with Crippen LogP contribution in [0.15, 0.2) is 105 Å². The van der Waals surface area contributed by atoms with Gasteiger partial charge in [-0.05, 0) is 63.0 Å². The van der Waals surface area contributed by atoms with E-state index in [1.54, 1.807) is 41.5 Å². The van der Waals surface area contributed by atoms with E-state index < -0.39 is 22.8 Å². The Morgan fingerprint density at radius 1 is 1.11 bits per heavy atom. The van der Waals surface area contributed by atoms with E-state index in [4.69, 9.17) is 30.1 Å². The first-order valence-corrected chi connectivity index (χ1v) is 21.6. The molecule has 7 atom stereocenters. The highest BCUT2D eigenvalue weighted by Crippen LogP contribution is 2.54. The highest BCUT2D eigenvalue weighted by atomic mass is 33.1. The van der Waals surface area contributed by atoms with Crippen LogP contribution >= 0.6 is 21.6 Å². The maximum absolute atomic E-state index is 14.2. The number of hydrogen-bond donors (Lipinski definition) is 6. The van der Waals surface area contributed by atoms with Crippen LogP contribution in [0.2, 0.25) is 0 Å². The normalized spacial score (nSPS) is 32.2. The van der Waals surface area contributed by atoms with Crippen molar-refractivity contribution in [2.24, 2.45) is 11.5 Å². The number of epoxide rings is 1. The van der Waals surface area contributed by atoms with Gasteiger partial charge >= 0.3 is 5.97 Å². The summed E-state index contributed by atoms with van der Waals surface area (Å²) in [7, 11) is 3.38. The number of rotatable bonds is 2. The third-order valence-electron chi connectivity index (χ3n) is 12.3. The summed E-state index contributed by atoms with van der Waals surface area (Å²) >= 11 is 0. The minimum Gasteiger partial charge on any atom is -0.507 e. The number of carbonyl (C=O) groups is 1. The summed E-state index contributed by atoms with van der Waals surface area (Å²) in [6.07, 6.45) is 17.9. The molecular formula is C42H44N6O7S2. The predicted molar refractivity (Wildman–Crippen MR) is 220 cm³/mol. The maximum Gasteiger partial charge on any atom is 0.341 e. The molecule has 0 amide bonds. The molecule has 4 aromatic rings. The summed E-state index contributed by atoms with van der Waals surface area (Å²) in [5.74, 6) is 1.86. The largest absolute Gasteiger partial charge is 0.507 e. The molecule has 1 fully saturated rings. The number of fused-ring (bicyclic) bond motifs is 7. The molecule has 15 heteroatoms. The van der Waals surface area contributed by atoms with E-state index in [9.17, 15) is 14.7 Å². The SMILES string of the molecule is Cc1cc(=O)c2c(O)c3c(cc2o1)OC1(C)CC2C=CC1(C3)OC(=O)C1(C)OC1CCC1=CC(NC(N)=C1)C1=CC(Cn3cc4cc[nH]c4c3)NC(N)=C1CSS2. The topological polar surface area (TPSA) is 195 Å². The molecule has 1 aromatic carbocycles. The zero-order valence-corrected chi connectivity index (χ0v) is 33.4. The van der Waals surface area contributed by atoms with Gasteiger partial charge in [-0.3, -0.25) is 4.79 Å². The van der Waals surface area contributed by atoms with Gasteiger partial charge in [0.25, 0.3) is 0 Å².